The molecule has 1 aromatic carbocycles. The number of amides is 2. The molecule has 1 aliphatic carbocycles. The lowest BCUT2D eigenvalue weighted by molar-refractivity contribution is 0.244. The predicted molar refractivity (Wildman–Crippen MR) is 78.1 cm³/mol. The van der Waals surface area contributed by atoms with Gasteiger partial charge in [-0.05, 0) is 31.4 Å². The summed E-state index contributed by atoms with van der Waals surface area (Å²) < 4.78 is 0. The van der Waals surface area contributed by atoms with Gasteiger partial charge in [0.05, 0.1) is 0 Å². The third-order valence-corrected chi connectivity index (χ3v) is 3.64. The zero-order chi connectivity index (χ0) is 13.7. The highest BCUT2D eigenvalue weighted by Gasteiger charge is 2.16. The second-order valence-corrected chi connectivity index (χ2v) is 5.31. The van der Waals surface area contributed by atoms with E-state index in [0.29, 0.717) is 6.04 Å². The van der Waals surface area contributed by atoms with Gasteiger partial charge >= 0.3 is 6.03 Å². The number of benzene rings is 1. The first-order chi connectivity index (χ1) is 9.16. The standard InChI is InChI=1S/C15H23N3O/c1-11(16)13-9-5-6-10-14(13)18-15(19)17-12-7-3-2-4-8-12/h5-6,9-12H,2-4,7-8,16H2,1H3,(H2,17,18,19). The highest BCUT2D eigenvalue weighted by Crippen LogP contribution is 2.21. The average molecular weight is 261 g/mol. The zero-order valence-corrected chi connectivity index (χ0v) is 11.5. The Kier molecular flexibility index (Phi) is 4.80. The number of nitrogens with one attached hydrogen (secondary N) is 2. The highest BCUT2D eigenvalue weighted by atomic mass is 16.2. The Morgan fingerprint density at radius 2 is 1.95 bits per heavy atom. The molecule has 104 valence electrons. The molecule has 2 amide bonds. The van der Waals surface area contributed by atoms with Crippen LogP contribution >= 0.6 is 0 Å². The minimum atomic E-state index is -0.125. The zero-order valence-electron chi connectivity index (χ0n) is 11.5. The van der Waals surface area contributed by atoms with Crippen molar-refractivity contribution in [2.45, 2.75) is 51.1 Å². The molecular weight excluding hydrogens is 238 g/mol. The van der Waals surface area contributed by atoms with Crippen LogP contribution in [0, 0.1) is 0 Å². The van der Waals surface area contributed by atoms with E-state index >= 15 is 0 Å². The summed E-state index contributed by atoms with van der Waals surface area (Å²) in [5, 5.41) is 5.95. The van der Waals surface area contributed by atoms with Crippen molar-refractivity contribution in [1.29, 1.82) is 0 Å². The number of carbonyl (C=O) groups is 1. The van der Waals surface area contributed by atoms with Crippen LogP contribution in [0.1, 0.15) is 50.6 Å². The van der Waals surface area contributed by atoms with E-state index in [9.17, 15) is 4.79 Å². The smallest absolute Gasteiger partial charge is 0.319 e. The van der Waals surface area contributed by atoms with Crippen LogP contribution in [-0.4, -0.2) is 12.1 Å². The maximum absolute atomic E-state index is 12.0. The molecule has 1 fully saturated rings. The van der Waals surface area contributed by atoms with Gasteiger partial charge in [-0.2, -0.15) is 0 Å². The Balaban J connectivity index is 1.94. The molecule has 0 aliphatic heterocycles. The molecule has 1 aliphatic rings. The van der Waals surface area contributed by atoms with Crippen LogP contribution in [0.3, 0.4) is 0 Å². The van der Waals surface area contributed by atoms with Gasteiger partial charge in [-0.15, -0.1) is 0 Å². The lowest BCUT2D eigenvalue weighted by atomic mass is 9.96. The van der Waals surface area contributed by atoms with Crippen molar-refractivity contribution < 1.29 is 4.79 Å². The normalized spacial score (nSPS) is 17.8. The molecule has 1 saturated carbocycles. The van der Waals surface area contributed by atoms with E-state index < -0.39 is 0 Å². The number of para-hydroxylation sites is 1. The number of rotatable bonds is 3. The van der Waals surface area contributed by atoms with Gasteiger partial charge in [0.2, 0.25) is 0 Å². The van der Waals surface area contributed by atoms with Crippen molar-refractivity contribution in [3.05, 3.63) is 29.8 Å². The molecule has 0 bridgehead atoms. The molecule has 19 heavy (non-hydrogen) atoms. The lowest BCUT2D eigenvalue weighted by Crippen LogP contribution is -2.39. The average Bonchev–Trinajstić information content (AvgIpc) is 2.40. The SMILES string of the molecule is CC(N)c1ccccc1NC(=O)NC1CCCCC1. The van der Waals surface area contributed by atoms with Gasteiger partial charge in [0.25, 0.3) is 0 Å². The van der Waals surface area contributed by atoms with Crippen LogP contribution in [0.4, 0.5) is 10.5 Å². The van der Waals surface area contributed by atoms with E-state index in [4.69, 9.17) is 5.73 Å². The van der Waals surface area contributed by atoms with Gasteiger partial charge in [-0.25, -0.2) is 4.79 Å². The minimum absolute atomic E-state index is 0.0915. The maximum Gasteiger partial charge on any atom is 0.319 e. The molecule has 1 unspecified atom stereocenters. The number of anilines is 1. The number of hydrogen-bond donors (Lipinski definition) is 3. The van der Waals surface area contributed by atoms with Crippen molar-refractivity contribution in [3.8, 4) is 0 Å². The molecule has 0 heterocycles. The topological polar surface area (TPSA) is 67.1 Å². The minimum Gasteiger partial charge on any atom is -0.335 e. The van der Waals surface area contributed by atoms with Crippen LogP contribution in [-0.2, 0) is 0 Å². The fourth-order valence-corrected chi connectivity index (χ4v) is 2.60. The summed E-state index contributed by atoms with van der Waals surface area (Å²) in [7, 11) is 0. The van der Waals surface area contributed by atoms with E-state index in [0.717, 1.165) is 24.1 Å². The summed E-state index contributed by atoms with van der Waals surface area (Å²) >= 11 is 0. The van der Waals surface area contributed by atoms with E-state index in [-0.39, 0.29) is 12.1 Å². The summed E-state index contributed by atoms with van der Waals surface area (Å²) in [4.78, 5) is 12.0. The van der Waals surface area contributed by atoms with E-state index in [2.05, 4.69) is 10.6 Å². The number of nitrogens with two attached hydrogens (primary N) is 1. The van der Waals surface area contributed by atoms with Crippen LogP contribution in [0.2, 0.25) is 0 Å². The van der Waals surface area contributed by atoms with Crippen LogP contribution < -0.4 is 16.4 Å². The molecule has 4 heteroatoms. The van der Waals surface area contributed by atoms with Crippen molar-refractivity contribution in [2.24, 2.45) is 5.73 Å². The van der Waals surface area contributed by atoms with Gasteiger partial charge in [-0.3, -0.25) is 0 Å². The maximum atomic E-state index is 12.0. The second kappa shape index (κ2) is 6.57. The first-order valence-electron chi connectivity index (χ1n) is 7.09. The highest BCUT2D eigenvalue weighted by molar-refractivity contribution is 5.90. The summed E-state index contributed by atoms with van der Waals surface area (Å²) in [5.74, 6) is 0. The number of hydrogen-bond acceptors (Lipinski definition) is 2. The third kappa shape index (κ3) is 3.96. The van der Waals surface area contributed by atoms with Gasteiger partial charge in [0.15, 0.2) is 0 Å². The molecular formula is C15H23N3O. The van der Waals surface area contributed by atoms with Gasteiger partial charge in [0.1, 0.15) is 0 Å². The van der Waals surface area contributed by atoms with Crippen molar-refractivity contribution in [2.75, 3.05) is 5.32 Å². The molecule has 1 atom stereocenters. The Morgan fingerprint density at radius 1 is 1.26 bits per heavy atom. The molecule has 4 N–H and O–H groups in total. The van der Waals surface area contributed by atoms with Crippen LogP contribution in [0.25, 0.3) is 0 Å². The Bertz CT molecular complexity index is 425. The van der Waals surface area contributed by atoms with Crippen LogP contribution in [0.5, 0.6) is 0 Å². The fourth-order valence-electron chi connectivity index (χ4n) is 2.60. The first kappa shape index (κ1) is 13.9. The van der Waals surface area contributed by atoms with Gasteiger partial charge in [0, 0.05) is 17.8 Å². The Labute approximate surface area is 114 Å². The van der Waals surface area contributed by atoms with Gasteiger partial charge < -0.3 is 16.4 Å². The molecule has 0 saturated heterocycles. The molecule has 4 nitrogen and oxygen atoms in total. The monoisotopic (exact) mass is 261 g/mol. The Morgan fingerprint density at radius 3 is 2.63 bits per heavy atom. The second-order valence-electron chi connectivity index (χ2n) is 5.31. The van der Waals surface area contributed by atoms with Crippen molar-refractivity contribution >= 4 is 11.7 Å². The predicted octanol–water partition coefficient (Wildman–Crippen LogP) is 3.16. The van der Waals surface area contributed by atoms with E-state index in [1.807, 2.05) is 31.2 Å². The van der Waals surface area contributed by atoms with Crippen LogP contribution in [0.15, 0.2) is 24.3 Å². The number of urea groups is 1. The summed E-state index contributed by atoms with van der Waals surface area (Å²) in [5.41, 5.74) is 7.66. The van der Waals surface area contributed by atoms with Crippen molar-refractivity contribution in [3.63, 3.8) is 0 Å². The Hall–Kier alpha value is -1.55. The fraction of sp³-hybridized carbons (Fsp3) is 0.533. The quantitative estimate of drug-likeness (QED) is 0.782. The summed E-state index contributed by atoms with van der Waals surface area (Å²) in [6.07, 6.45) is 5.88. The van der Waals surface area contributed by atoms with Crippen molar-refractivity contribution in [1.82, 2.24) is 5.32 Å². The molecule has 2 rings (SSSR count). The molecule has 0 radical (unpaired) electrons. The molecule has 0 aromatic heterocycles. The molecule has 1 aromatic rings. The number of carbonyl (C=O) groups excluding carboxylic acids is 1. The largest absolute Gasteiger partial charge is 0.335 e. The summed E-state index contributed by atoms with van der Waals surface area (Å²) in [6.45, 7) is 1.92. The lowest BCUT2D eigenvalue weighted by Gasteiger charge is -2.23. The first-order valence-corrected chi connectivity index (χ1v) is 7.09. The summed E-state index contributed by atoms with van der Waals surface area (Å²) in [6, 6.07) is 7.77. The van der Waals surface area contributed by atoms with E-state index in [1.54, 1.807) is 0 Å². The molecule has 0 spiro atoms. The van der Waals surface area contributed by atoms with Gasteiger partial charge in [-0.1, -0.05) is 37.5 Å². The van der Waals surface area contributed by atoms with E-state index in [1.165, 1.54) is 19.3 Å². The third-order valence-electron chi connectivity index (χ3n) is 3.64.